The summed E-state index contributed by atoms with van der Waals surface area (Å²) in [5, 5.41) is 7.91. The summed E-state index contributed by atoms with van der Waals surface area (Å²) in [6, 6.07) is 4.52. The van der Waals surface area contributed by atoms with Crippen LogP contribution in [-0.4, -0.2) is 58.4 Å². The molecule has 2 aromatic rings. The normalized spacial score (nSPS) is 18.0. The molecule has 120 valence electrons. The maximum Gasteiger partial charge on any atom is 0.157 e. The van der Waals surface area contributed by atoms with Crippen LogP contribution in [0.15, 0.2) is 18.3 Å². The Labute approximate surface area is 131 Å². The van der Waals surface area contributed by atoms with Gasteiger partial charge in [-0.15, -0.1) is 0 Å². The van der Waals surface area contributed by atoms with Crippen molar-refractivity contribution in [2.75, 3.05) is 38.2 Å². The van der Waals surface area contributed by atoms with Gasteiger partial charge in [0.1, 0.15) is 5.82 Å². The molecule has 0 bridgehead atoms. The Morgan fingerprint density at radius 3 is 2.77 bits per heavy atom. The van der Waals surface area contributed by atoms with Crippen LogP contribution in [0.4, 0.5) is 5.82 Å². The van der Waals surface area contributed by atoms with Gasteiger partial charge in [0.25, 0.3) is 0 Å². The highest BCUT2D eigenvalue weighted by Crippen LogP contribution is 2.19. The lowest BCUT2D eigenvalue weighted by molar-refractivity contribution is 0.0227. The van der Waals surface area contributed by atoms with E-state index in [-0.39, 0.29) is 0 Å². The second-order valence-electron chi connectivity index (χ2n) is 6.20. The van der Waals surface area contributed by atoms with Crippen LogP contribution >= 0.6 is 0 Å². The molecule has 0 amide bonds. The van der Waals surface area contributed by atoms with Gasteiger partial charge in [-0.2, -0.15) is 9.61 Å². The summed E-state index contributed by atoms with van der Waals surface area (Å²) in [6.07, 6.45) is 1.79. The second kappa shape index (κ2) is 6.62. The van der Waals surface area contributed by atoms with Gasteiger partial charge in [0.15, 0.2) is 5.65 Å². The van der Waals surface area contributed by atoms with E-state index in [0.717, 1.165) is 50.0 Å². The lowest BCUT2D eigenvalue weighted by Gasteiger charge is -2.32. The number of aromatic nitrogens is 3. The minimum Gasteiger partial charge on any atom is -0.379 e. The van der Waals surface area contributed by atoms with Gasteiger partial charge >= 0.3 is 0 Å². The van der Waals surface area contributed by atoms with Gasteiger partial charge in [-0.3, -0.25) is 4.90 Å². The standard InChI is InChI=1S/C16H25N5O/c1-12(2)14-10-16(21-15(19-14)4-5-18-21)17-11-13(3)20-6-8-22-9-7-20/h4-5,10,12-13,17H,6-9,11H2,1-3H3/t13-/m1/s1. The van der Waals surface area contributed by atoms with Crippen molar-refractivity contribution < 1.29 is 4.74 Å². The van der Waals surface area contributed by atoms with Gasteiger partial charge < -0.3 is 10.1 Å². The van der Waals surface area contributed by atoms with E-state index in [4.69, 9.17) is 4.74 Å². The average Bonchev–Trinajstić information content (AvgIpc) is 3.01. The summed E-state index contributed by atoms with van der Waals surface area (Å²) in [4.78, 5) is 7.11. The van der Waals surface area contributed by atoms with Crippen molar-refractivity contribution in [1.29, 1.82) is 0 Å². The second-order valence-corrected chi connectivity index (χ2v) is 6.20. The topological polar surface area (TPSA) is 54.7 Å². The minimum atomic E-state index is 0.400. The molecule has 3 rings (SSSR count). The SMILES string of the molecule is CC(C)c1cc(NC[C@@H](C)N2CCOCC2)n2nccc2n1. The van der Waals surface area contributed by atoms with Crippen molar-refractivity contribution in [1.82, 2.24) is 19.5 Å². The largest absolute Gasteiger partial charge is 0.379 e. The summed E-state index contributed by atoms with van der Waals surface area (Å²) in [7, 11) is 0. The van der Waals surface area contributed by atoms with Crippen molar-refractivity contribution in [3.05, 3.63) is 24.0 Å². The lowest BCUT2D eigenvalue weighted by Crippen LogP contribution is -2.45. The fourth-order valence-corrected chi connectivity index (χ4v) is 2.75. The van der Waals surface area contributed by atoms with Crippen LogP contribution in [0, 0.1) is 0 Å². The molecule has 1 atom stereocenters. The van der Waals surface area contributed by atoms with E-state index >= 15 is 0 Å². The molecule has 0 aliphatic carbocycles. The van der Waals surface area contributed by atoms with E-state index in [9.17, 15) is 0 Å². The van der Waals surface area contributed by atoms with E-state index in [1.165, 1.54) is 0 Å². The Balaban J connectivity index is 1.73. The zero-order valence-electron chi connectivity index (χ0n) is 13.6. The minimum absolute atomic E-state index is 0.400. The van der Waals surface area contributed by atoms with Gasteiger partial charge in [0, 0.05) is 43.5 Å². The molecule has 22 heavy (non-hydrogen) atoms. The van der Waals surface area contributed by atoms with Crippen molar-refractivity contribution in [2.45, 2.75) is 32.7 Å². The molecule has 2 aromatic heterocycles. The van der Waals surface area contributed by atoms with Crippen molar-refractivity contribution in [3.8, 4) is 0 Å². The van der Waals surface area contributed by atoms with Crippen molar-refractivity contribution in [3.63, 3.8) is 0 Å². The molecule has 0 spiro atoms. The van der Waals surface area contributed by atoms with Gasteiger partial charge in [-0.05, 0) is 12.8 Å². The maximum absolute atomic E-state index is 5.42. The Hall–Kier alpha value is -1.66. The molecule has 1 aliphatic rings. The number of anilines is 1. The monoisotopic (exact) mass is 303 g/mol. The first-order valence-corrected chi connectivity index (χ1v) is 8.05. The first kappa shape index (κ1) is 15.2. The van der Waals surface area contributed by atoms with Gasteiger partial charge in [0.2, 0.25) is 0 Å². The highest BCUT2D eigenvalue weighted by atomic mass is 16.5. The summed E-state index contributed by atoms with van der Waals surface area (Å²) < 4.78 is 7.29. The number of hydrogen-bond donors (Lipinski definition) is 1. The van der Waals surface area contributed by atoms with E-state index in [1.54, 1.807) is 6.20 Å². The molecule has 6 nitrogen and oxygen atoms in total. The molecule has 1 fully saturated rings. The van der Waals surface area contributed by atoms with Gasteiger partial charge in [0.05, 0.1) is 19.4 Å². The highest BCUT2D eigenvalue weighted by Gasteiger charge is 2.17. The summed E-state index contributed by atoms with van der Waals surface area (Å²) >= 11 is 0. The van der Waals surface area contributed by atoms with Crippen LogP contribution < -0.4 is 5.32 Å². The Morgan fingerprint density at radius 2 is 2.05 bits per heavy atom. The molecular weight excluding hydrogens is 278 g/mol. The van der Waals surface area contributed by atoms with Crippen LogP contribution in [0.5, 0.6) is 0 Å². The molecule has 3 heterocycles. The van der Waals surface area contributed by atoms with Crippen molar-refractivity contribution in [2.24, 2.45) is 0 Å². The number of ether oxygens (including phenoxy) is 1. The van der Waals surface area contributed by atoms with Crippen LogP contribution in [0.25, 0.3) is 5.65 Å². The molecule has 0 unspecified atom stereocenters. The van der Waals surface area contributed by atoms with Crippen LogP contribution in [-0.2, 0) is 4.74 Å². The van der Waals surface area contributed by atoms with E-state index < -0.39 is 0 Å². The quantitative estimate of drug-likeness (QED) is 0.915. The number of nitrogens with zero attached hydrogens (tertiary/aromatic N) is 4. The van der Waals surface area contributed by atoms with Crippen LogP contribution in [0.3, 0.4) is 0 Å². The zero-order valence-corrected chi connectivity index (χ0v) is 13.6. The van der Waals surface area contributed by atoms with Gasteiger partial charge in [-0.1, -0.05) is 13.8 Å². The highest BCUT2D eigenvalue weighted by molar-refractivity contribution is 5.49. The first-order valence-electron chi connectivity index (χ1n) is 8.05. The molecule has 0 radical (unpaired) electrons. The smallest absolute Gasteiger partial charge is 0.157 e. The van der Waals surface area contributed by atoms with Gasteiger partial charge in [-0.25, -0.2) is 4.98 Å². The van der Waals surface area contributed by atoms with Crippen LogP contribution in [0.1, 0.15) is 32.4 Å². The number of rotatable bonds is 5. The molecule has 0 aromatic carbocycles. The number of hydrogen-bond acceptors (Lipinski definition) is 5. The maximum atomic E-state index is 5.42. The van der Waals surface area contributed by atoms with E-state index in [2.05, 4.69) is 47.1 Å². The fraction of sp³-hybridized carbons (Fsp3) is 0.625. The molecule has 6 heteroatoms. The van der Waals surface area contributed by atoms with E-state index in [1.807, 2.05) is 10.6 Å². The molecule has 1 N–H and O–H groups in total. The predicted molar refractivity (Wildman–Crippen MR) is 87.4 cm³/mol. The third-order valence-electron chi connectivity index (χ3n) is 4.22. The zero-order chi connectivity index (χ0) is 15.5. The summed E-state index contributed by atoms with van der Waals surface area (Å²) in [5.74, 6) is 1.41. The molecular formula is C16H25N5O. The number of nitrogens with one attached hydrogen (secondary N) is 1. The number of fused-ring (bicyclic) bond motifs is 1. The third kappa shape index (κ3) is 3.23. The molecule has 1 aliphatic heterocycles. The number of morpholine rings is 1. The first-order chi connectivity index (χ1) is 10.6. The third-order valence-corrected chi connectivity index (χ3v) is 4.22. The predicted octanol–water partition coefficient (Wildman–Crippen LogP) is 1.99. The van der Waals surface area contributed by atoms with Crippen LogP contribution in [0.2, 0.25) is 0 Å². The Morgan fingerprint density at radius 1 is 1.27 bits per heavy atom. The summed E-state index contributed by atoms with van der Waals surface area (Å²) in [5.41, 5.74) is 1.99. The molecule has 1 saturated heterocycles. The average molecular weight is 303 g/mol. The Kier molecular flexibility index (Phi) is 4.59. The molecule has 0 saturated carbocycles. The summed E-state index contributed by atoms with van der Waals surface area (Å²) in [6.45, 7) is 11.1. The van der Waals surface area contributed by atoms with E-state index in [0.29, 0.717) is 12.0 Å². The lowest BCUT2D eigenvalue weighted by atomic mass is 10.1. The Bertz CT molecular complexity index is 618. The fourth-order valence-electron chi connectivity index (χ4n) is 2.75. The van der Waals surface area contributed by atoms with Crippen molar-refractivity contribution >= 4 is 11.5 Å².